The van der Waals surface area contributed by atoms with Crippen molar-refractivity contribution in [3.8, 4) is 0 Å². The first kappa shape index (κ1) is 18.5. The highest BCUT2D eigenvalue weighted by Gasteiger charge is 2.31. The topological polar surface area (TPSA) is 88.6 Å². The van der Waals surface area contributed by atoms with Gasteiger partial charge >= 0.3 is 0 Å². The van der Waals surface area contributed by atoms with Crippen LogP contribution >= 0.6 is 0 Å². The zero-order valence-corrected chi connectivity index (χ0v) is 15.7. The molecule has 0 bridgehead atoms. The molecule has 2 aromatic rings. The Morgan fingerprint density at radius 3 is 2.69 bits per heavy atom. The van der Waals surface area contributed by atoms with Gasteiger partial charge in [0.2, 0.25) is 5.91 Å². The summed E-state index contributed by atoms with van der Waals surface area (Å²) in [6.45, 7) is 7.88. The molecule has 1 atom stereocenters. The summed E-state index contributed by atoms with van der Waals surface area (Å²) in [4.78, 5) is 27.0. The smallest absolute Gasteiger partial charge is 0.289 e. The lowest BCUT2D eigenvalue weighted by Gasteiger charge is -2.31. The molecule has 1 aliphatic heterocycles. The zero-order valence-electron chi connectivity index (χ0n) is 15.7. The van der Waals surface area contributed by atoms with Crippen LogP contribution in [0.3, 0.4) is 0 Å². The first-order chi connectivity index (χ1) is 12.4. The number of furan rings is 1. The Morgan fingerprint density at radius 2 is 2.00 bits per heavy atom. The van der Waals surface area contributed by atoms with Gasteiger partial charge in [0, 0.05) is 37.1 Å². The summed E-state index contributed by atoms with van der Waals surface area (Å²) in [5.41, 5.74) is 9.22. The van der Waals surface area contributed by atoms with E-state index in [1.807, 2.05) is 32.9 Å². The van der Waals surface area contributed by atoms with E-state index in [1.165, 1.54) is 0 Å². The Kier molecular flexibility index (Phi) is 5.32. The molecule has 1 unspecified atom stereocenters. The number of amides is 2. The molecule has 6 heteroatoms. The fraction of sp³-hybridized carbons (Fsp3) is 0.500. The van der Waals surface area contributed by atoms with E-state index in [4.69, 9.17) is 10.2 Å². The maximum atomic E-state index is 13.1. The van der Waals surface area contributed by atoms with E-state index in [2.05, 4.69) is 5.32 Å². The highest BCUT2D eigenvalue weighted by Crippen LogP contribution is 2.32. The van der Waals surface area contributed by atoms with Crippen LogP contribution in [0, 0.1) is 26.7 Å². The minimum absolute atomic E-state index is 0.0269. The van der Waals surface area contributed by atoms with Gasteiger partial charge in [-0.1, -0.05) is 12.1 Å². The largest absolute Gasteiger partial charge is 0.450 e. The number of aryl methyl sites for hydroxylation is 3. The van der Waals surface area contributed by atoms with Gasteiger partial charge in [0.05, 0.1) is 5.92 Å². The summed E-state index contributed by atoms with van der Waals surface area (Å²) in [5, 5.41) is 3.84. The van der Waals surface area contributed by atoms with Crippen LogP contribution in [0.4, 0.5) is 0 Å². The molecule has 3 rings (SSSR count). The number of fused-ring (bicyclic) bond motifs is 1. The molecule has 0 radical (unpaired) electrons. The predicted octanol–water partition coefficient (Wildman–Crippen LogP) is 2.29. The molecule has 0 aliphatic carbocycles. The van der Waals surface area contributed by atoms with Crippen molar-refractivity contribution in [1.29, 1.82) is 0 Å². The van der Waals surface area contributed by atoms with Crippen LogP contribution < -0.4 is 11.1 Å². The quantitative estimate of drug-likeness (QED) is 0.879. The van der Waals surface area contributed by atoms with Gasteiger partial charge in [0.15, 0.2) is 5.76 Å². The number of piperidine rings is 1. The lowest BCUT2D eigenvalue weighted by atomic mass is 9.96. The molecule has 2 heterocycles. The van der Waals surface area contributed by atoms with Crippen LogP contribution in [-0.4, -0.2) is 42.9 Å². The highest BCUT2D eigenvalue weighted by molar-refractivity contribution is 6.00. The standard InChI is InChI=1S/C20H27N3O3/c1-12-6-7-13(2)17-16(12)14(3)18(26-17)20(25)23-10-4-5-15(11-23)19(24)22-9-8-21/h6-7,15H,4-5,8-11,21H2,1-3H3,(H,22,24). The van der Waals surface area contributed by atoms with Crippen molar-refractivity contribution in [1.82, 2.24) is 10.2 Å². The molecule has 3 N–H and O–H groups in total. The van der Waals surface area contributed by atoms with E-state index in [0.717, 1.165) is 40.5 Å². The molecule has 1 aromatic heterocycles. The van der Waals surface area contributed by atoms with Crippen molar-refractivity contribution in [2.24, 2.45) is 11.7 Å². The maximum absolute atomic E-state index is 13.1. The number of likely N-dealkylation sites (tertiary alicyclic amines) is 1. The lowest BCUT2D eigenvalue weighted by Crippen LogP contribution is -2.46. The zero-order chi connectivity index (χ0) is 18.8. The number of hydrogen-bond donors (Lipinski definition) is 2. The van der Waals surface area contributed by atoms with Crippen molar-refractivity contribution < 1.29 is 14.0 Å². The van der Waals surface area contributed by atoms with Gasteiger partial charge in [-0.3, -0.25) is 9.59 Å². The summed E-state index contributed by atoms with van der Waals surface area (Å²) < 4.78 is 5.98. The molecular formula is C20H27N3O3. The number of nitrogens with zero attached hydrogens (tertiary/aromatic N) is 1. The summed E-state index contributed by atoms with van der Waals surface area (Å²) in [6, 6.07) is 4.06. The predicted molar refractivity (Wildman–Crippen MR) is 101 cm³/mol. The van der Waals surface area contributed by atoms with Crippen molar-refractivity contribution in [3.63, 3.8) is 0 Å². The Labute approximate surface area is 153 Å². The average Bonchev–Trinajstić information content (AvgIpc) is 3.01. The second-order valence-electron chi connectivity index (χ2n) is 7.13. The third-order valence-electron chi connectivity index (χ3n) is 5.20. The fourth-order valence-corrected chi connectivity index (χ4v) is 3.74. The number of rotatable bonds is 4. The number of carbonyl (C=O) groups is 2. The SMILES string of the molecule is Cc1ccc(C)c2c(C)c(C(=O)N3CCCC(C(=O)NCCN)C3)oc12. The van der Waals surface area contributed by atoms with Crippen molar-refractivity contribution in [2.75, 3.05) is 26.2 Å². The average molecular weight is 357 g/mol. The summed E-state index contributed by atoms with van der Waals surface area (Å²) in [5.74, 6) is 0.0441. The fourth-order valence-electron chi connectivity index (χ4n) is 3.74. The van der Waals surface area contributed by atoms with E-state index >= 15 is 0 Å². The van der Waals surface area contributed by atoms with Crippen LogP contribution in [0.15, 0.2) is 16.5 Å². The third kappa shape index (κ3) is 3.33. The number of nitrogens with one attached hydrogen (secondary N) is 1. The molecular weight excluding hydrogens is 330 g/mol. The molecule has 1 saturated heterocycles. The summed E-state index contributed by atoms with van der Waals surface area (Å²) in [6.07, 6.45) is 1.60. The van der Waals surface area contributed by atoms with Gasteiger partial charge in [0.1, 0.15) is 5.58 Å². The second-order valence-corrected chi connectivity index (χ2v) is 7.13. The van der Waals surface area contributed by atoms with E-state index in [1.54, 1.807) is 4.90 Å². The van der Waals surface area contributed by atoms with Crippen molar-refractivity contribution in [2.45, 2.75) is 33.6 Å². The molecule has 1 aromatic carbocycles. The lowest BCUT2D eigenvalue weighted by molar-refractivity contribution is -0.126. The van der Waals surface area contributed by atoms with Crippen molar-refractivity contribution in [3.05, 3.63) is 34.6 Å². The molecule has 1 fully saturated rings. The molecule has 0 saturated carbocycles. The van der Waals surface area contributed by atoms with E-state index < -0.39 is 0 Å². The third-order valence-corrected chi connectivity index (χ3v) is 5.20. The van der Waals surface area contributed by atoms with Crippen LogP contribution in [0.5, 0.6) is 0 Å². The Hall–Kier alpha value is -2.34. The van der Waals surface area contributed by atoms with Crippen LogP contribution in [0.1, 0.15) is 40.1 Å². The van der Waals surface area contributed by atoms with Gasteiger partial charge in [-0.05, 0) is 44.7 Å². The molecule has 140 valence electrons. The van der Waals surface area contributed by atoms with Gasteiger partial charge in [0.25, 0.3) is 5.91 Å². The number of benzene rings is 1. The molecule has 1 aliphatic rings. The molecule has 2 amide bonds. The maximum Gasteiger partial charge on any atom is 0.289 e. The van der Waals surface area contributed by atoms with Crippen molar-refractivity contribution >= 4 is 22.8 Å². The van der Waals surface area contributed by atoms with Gasteiger partial charge in [-0.25, -0.2) is 0 Å². The van der Waals surface area contributed by atoms with Crippen LogP contribution in [0.25, 0.3) is 11.0 Å². The highest BCUT2D eigenvalue weighted by atomic mass is 16.3. The van der Waals surface area contributed by atoms with Gasteiger partial charge < -0.3 is 20.4 Å². The second kappa shape index (κ2) is 7.50. The van der Waals surface area contributed by atoms with Gasteiger partial charge in [-0.2, -0.15) is 0 Å². The first-order valence-electron chi connectivity index (χ1n) is 9.20. The van der Waals surface area contributed by atoms with E-state index in [0.29, 0.717) is 31.9 Å². The minimum Gasteiger partial charge on any atom is -0.450 e. The van der Waals surface area contributed by atoms with E-state index in [-0.39, 0.29) is 17.7 Å². The number of hydrogen-bond acceptors (Lipinski definition) is 4. The normalized spacial score (nSPS) is 17.5. The molecule has 26 heavy (non-hydrogen) atoms. The summed E-state index contributed by atoms with van der Waals surface area (Å²) >= 11 is 0. The Bertz CT molecular complexity index is 840. The minimum atomic E-state index is -0.188. The van der Waals surface area contributed by atoms with Gasteiger partial charge in [-0.15, -0.1) is 0 Å². The van der Waals surface area contributed by atoms with Crippen LogP contribution in [-0.2, 0) is 4.79 Å². The number of carbonyl (C=O) groups excluding carboxylic acids is 2. The first-order valence-corrected chi connectivity index (χ1v) is 9.20. The molecule has 0 spiro atoms. The Balaban J connectivity index is 1.84. The number of nitrogens with two attached hydrogens (primary N) is 1. The Morgan fingerprint density at radius 1 is 1.27 bits per heavy atom. The molecule has 6 nitrogen and oxygen atoms in total. The monoisotopic (exact) mass is 357 g/mol. The van der Waals surface area contributed by atoms with E-state index in [9.17, 15) is 9.59 Å². The summed E-state index contributed by atoms with van der Waals surface area (Å²) in [7, 11) is 0. The van der Waals surface area contributed by atoms with Crippen LogP contribution in [0.2, 0.25) is 0 Å².